The van der Waals surface area contributed by atoms with Gasteiger partial charge in [-0.25, -0.2) is 0 Å². The zero-order chi connectivity index (χ0) is 13.1. The molecule has 96 valence electrons. The number of rotatable bonds is 4. The van der Waals surface area contributed by atoms with Gasteiger partial charge in [-0.2, -0.15) is 5.10 Å². The normalized spacial score (nSPS) is 10.7. The Kier molecular flexibility index (Phi) is 3.67. The number of benzene rings is 1. The van der Waals surface area contributed by atoms with Gasteiger partial charge in [-0.3, -0.25) is 5.10 Å². The second-order valence-electron chi connectivity index (χ2n) is 4.37. The first-order valence-corrected chi connectivity index (χ1v) is 6.06. The zero-order valence-corrected chi connectivity index (χ0v) is 11.1. The first-order chi connectivity index (χ1) is 8.69. The van der Waals surface area contributed by atoms with E-state index in [1.807, 2.05) is 12.3 Å². The molecule has 0 bridgehead atoms. The molecular formula is C14H19N3O. The molecule has 0 fully saturated rings. The van der Waals surface area contributed by atoms with Crippen LogP contribution in [-0.4, -0.2) is 23.9 Å². The second kappa shape index (κ2) is 5.23. The van der Waals surface area contributed by atoms with Crippen LogP contribution in [-0.2, 0) is 6.42 Å². The van der Waals surface area contributed by atoms with Crippen molar-refractivity contribution in [3.63, 3.8) is 0 Å². The Morgan fingerprint density at radius 3 is 2.67 bits per heavy atom. The third kappa shape index (κ3) is 2.11. The van der Waals surface area contributed by atoms with E-state index in [1.165, 1.54) is 11.1 Å². The quantitative estimate of drug-likeness (QED) is 0.868. The maximum absolute atomic E-state index is 5.61. The summed E-state index contributed by atoms with van der Waals surface area (Å²) >= 11 is 0. The average Bonchev–Trinajstić information content (AvgIpc) is 2.81. The molecule has 0 aliphatic carbocycles. The van der Waals surface area contributed by atoms with Crippen molar-refractivity contribution >= 4 is 0 Å². The molecule has 0 atom stereocenters. The minimum Gasteiger partial charge on any atom is -0.496 e. The molecule has 0 aliphatic rings. The van der Waals surface area contributed by atoms with Crippen LogP contribution in [0.5, 0.6) is 5.75 Å². The van der Waals surface area contributed by atoms with E-state index < -0.39 is 0 Å². The maximum atomic E-state index is 5.61. The number of nitrogens with zero attached hydrogens (tertiary/aromatic N) is 1. The Hall–Kier alpha value is -1.81. The molecule has 0 aliphatic heterocycles. The van der Waals surface area contributed by atoms with Crippen LogP contribution in [0.4, 0.5) is 0 Å². The number of nitrogens with one attached hydrogen (secondary N) is 1. The number of ether oxygens (including phenoxy) is 1. The van der Waals surface area contributed by atoms with Crippen LogP contribution in [0.2, 0.25) is 0 Å². The van der Waals surface area contributed by atoms with Gasteiger partial charge in [0.05, 0.1) is 13.3 Å². The molecule has 4 heteroatoms. The Bertz CT molecular complexity index is 546. The van der Waals surface area contributed by atoms with Gasteiger partial charge in [0.2, 0.25) is 0 Å². The van der Waals surface area contributed by atoms with Gasteiger partial charge in [-0.05, 0) is 43.1 Å². The number of methoxy groups -OCH3 is 1. The summed E-state index contributed by atoms with van der Waals surface area (Å²) in [6.45, 7) is 4.79. The van der Waals surface area contributed by atoms with Crippen molar-refractivity contribution in [2.75, 3.05) is 13.7 Å². The van der Waals surface area contributed by atoms with Crippen LogP contribution in [0.1, 0.15) is 16.8 Å². The Labute approximate surface area is 107 Å². The topological polar surface area (TPSA) is 63.9 Å². The van der Waals surface area contributed by atoms with Crippen molar-refractivity contribution in [2.45, 2.75) is 20.3 Å². The molecule has 0 spiro atoms. The van der Waals surface area contributed by atoms with Crippen LogP contribution >= 0.6 is 0 Å². The van der Waals surface area contributed by atoms with Gasteiger partial charge in [0.25, 0.3) is 0 Å². The molecule has 1 aromatic heterocycles. The largest absolute Gasteiger partial charge is 0.496 e. The van der Waals surface area contributed by atoms with Gasteiger partial charge in [0.1, 0.15) is 5.75 Å². The van der Waals surface area contributed by atoms with Gasteiger partial charge >= 0.3 is 0 Å². The van der Waals surface area contributed by atoms with Crippen molar-refractivity contribution < 1.29 is 4.74 Å². The number of aromatic nitrogens is 2. The van der Waals surface area contributed by atoms with Gasteiger partial charge in [-0.15, -0.1) is 0 Å². The Balaban J connectivity index is 2.51. The fourth-order valence-electron chi connectivity index (χ4n) is 2.19. The van der Waals surface area contributed by atoms with E-state index >= 15 is 0 Å². The van der Waals surface area contributed by atoms with Gasteiger partial charge in [0, 0.05) is 17.7 Å². The maximum Gasteiger partial charge on any atom is 0.122 e. The fraction of sp³-hybridized carbons (Fsp3) is 0.357. The number of hydrogen-bond acceptors (Lipinski definition) is 3. The molecule has 3 N–H and O–H groups in total. The molecule has 4 nitrogen and oxygen atoms in total. The molecule has 1 aromatic carbocycles. The summed E-state index contributed by atoms with van der Waals surface area (Å²) in [5.41, 5.74) is 11.4. The van der Waals surface area contributed by atoms with Gasteiger partial charge < -0.3 is 10.5 Å². The highest BCUT2D eigenvalue weighted by molar-refractivity contribution is 5.71. The molecule has 2 aromatic rings. The SMILES string of the molecule is COc1ccc(-c2cn[nH]c2CCN)c(C)c1C. The summed E-state index contributed by atoms with van der Waals surface area (Å²) in [4.78, 5) is 0. The van der Waals surface area contributed by atoms with E-state index in [-0.39, 0.29) is 0 Å². The monoisotopic (exact) mass is 245 g/mol. The van der Waals surface area contributed by atoms with Gasteiger partial charge in [0.15, 0.2) is 0 Å². The smallest absolute Gasteiger partial charge is 0.122 e. The molecule has 0 saturated heterocycles. The summed E-state index contributed by atoms with van der Waals surface area (Å²) in [5, 5.41) is 7.14. The first kappa shape index (κ1) is 12.6. The minimum atomic E-state index is 0.614. The number of H-pyrrole nitrogens is 1. The molecule has 2 rings (SSSR count). The molecule has 0 saturated carbocycles. The first-order valence-electron chi connectivity index (χ1n) is 6.06. The van der Waals surface area contributed by atoms with Crippen LogP contribution in [0, 0.1) is 13.8 Å². The highest BCUT2D eigenvalue weighted by Gasteiger charge is 2.12. The summed E-state index contributed by atoms with van der Waals surface area (Å²) in [5.74, 6) is 0.917. The van der Waals surface area contributed by atoms with Crippen LogP contribution in [0.25, 0.3) is 11.1 Å². The summed E-state index contributed by atoms with van der Waals surface area (Å²) in [7, 11) is 1.69. The number of hydrogen-bond donors (Lipinski definition) is 2. The lowest BCUT2D eigenvalue weighted by Crippen LogP contribution is -2.04. The predicted molar refractivity (Wildman–Crippen MR) is 72.8 cm³/mol. The molecule has 18 heavy (non-hydrogen) atoms. The van der Waals surface area contributed by atoms with E-state index in [4.69, 9.17) is 10.5 Å². The molecule has 0 unspecified atom stereocenters. The zero-order valence-electron chi connectivity index (χ0n) is 11.1. The summed E-state index contributed by atoms with van der Waals surface area (Å²) in [6.07, 6.45) is 2.67. The van der Waals surface area contributed by atoms with Gasteiger partial charge in [-0.1, -0.05) is 6.07 Å². The molecule has 0 radical (unpaired) electrons. The lowest BCUT2D eigenvalue weighted by Gasteiger charge is -2.12. The molecule has 1 heterocycles. The third-order valence-electron chi connectivity index (χ3n) is 3.36. The van der Waals surface area contributed by atoms with Crippen molar-refractivity contribution in [1.29, 1.82) is 0 Å². The van der Waals surface area contributed by atoms with Crippen molar-refractivity contribution in [1.82, 2.24) is 10.2 Å². The second-order valence-corrected chi connectivity index (χ2v) is 4.37. The number of aromatic amines is 1. The molecule has 0 amide bonds. The van der Waals surface area contributed by atoms with Crippen LogP contribution < -0.4 is 10.5 Å². The summed E-state index contributed by atoms with van der Waals surface area (Å²) in [6, 6.07) is 4.07. The van der Waals surface area contributed by atoms with Crippen LogP contribution in [0.3, 0.4) is 0 Å². The Morgan fingerprint density at radius 2 is 2.00 bits per heavy atom. The van der Waals surface area contributed by atoms with Crippen molar-refractivity contribution in [3.8, 4) is 16.9 Å². The van der Waals surface area contributed by atoms with E-state index in [0.717, 1.165) is 29.0 Å². The predicted octanol–water partition coefficient (Wildman–Crippen LogP) is 2.20. The van der Waals surface area contributed by atoms with E-state index in [1.54, 1.807) is 7.11 Å². The third-order valence-corrected chi connectivity index (χ3v) is 3.36. The highest BCUT2D eigenvalue weighted by Crippen LogP contribution is 2.32. The van der Waals surface area contributed by atoms with Crippen LogP contribution in [0.15, 0.2) is 18.3 Å². The van der Waals surface area contributed by atoms with E-state index in [9.17, 15) is 0 Å². The molecular weight excluding hydrogens is 226 g/mol. The number of nitrogens with two attached hydrogens (primary N) is 1. The lowest BCUT2D eigenvalue weighted by atomic mass is 9.96. The average molecular weight is 245 g/mol. The van der Waals surface area contributed by atoms with Crippen molar-refractivity contribution in [2.24, 2.45) is 5.73 Å². The fourth-order valence-corrected chi connectivity index (χ4v) is 2.19. The highest BCUT2D eigenvalue weighted by atomic mass is 16.5. The van der Waals surface area contributed by atoms with E-state index in [2.05, 4.69) is 30.1 Å². The van der Waals surface area contributed by atoms with E-state index in [0.29, 0.717) is 6.54 Å². The Morgan fingerprint density at radius 1 is 1.22 bits per heavy atom. The lowest BCUT2D eigenvalue weighted by molar-refractivity contribution is 0.411. The standard InChI is InChI=1S/C14H19N3O/c1-9-10(2)14(18-3)5-4-11(9)12-8-16-17-13(12)6-7-15/h4-5,8H,6-7,15H2,1-3H3,(H,16,17). The minimum absolute atomic E-state index is 0.614. The summed E-state index contributed by atoms with van der Waals surface area (Å²) < 4.78 is 5.33. The van der Waals surface area contributed by atoms with Crippen molar-refractivity contribution in [3.05, 3.63) is 35.2 Å².